The van der Waals surface area contributed by atoms with Crippen LogP contribution < -0.4 is 5.32 Å². The van der Waals surface area contributed by atoms with Gasteiger partial charge in [0, 0.05) is 7.11 Å². The van der Waals surface area contributed by atoms with E-state index in [0.29, 0.717) is 0 Å². The zero-order valence-electron chi connectivity index (χ0n) is 8.44. The van der Waals surface area contributed by atoms with Crippen molar-refractivity contribution in [3.05, 3.63) is 0 Å². The molecule has 0 saturated carbocycles. The highest BCUT2D eigenvalue weighted by Gasteiger charge is 2.26. The first kappa shape index (κ1) is 12.7. The van der Waals surface area contributed by atoms with Crippen molar-refractivity contribution in [2.75, 3.05) is 13.7 Å². The Hall–Kier alpha value is -1.30. The monoisotopic (exact) mass is 205 g/mol. The van der Waals surface area contributed by atoms with Crippen molar-refractivity contribution in [2.24, 2.45) is 0 Å². The van der Waals surface area contributed by atoms with Gasteiger partial charge in [-0.3, -0.25) is 0 Å². The highest BCUT2D eigenvalue weighted by atomic mass is 16.5. The van der Waals surface area contributed by atoms with Gasteiger partial charge in [-0.25, -0.2) is 9.59 Å². The number of amides is 1. The van der Waals surface area contributed by atoms with Gasteiger partial charge in [0.1, 0.15) is 0 Å². The summed E-state index contributed by atoms with van der Waals surface area (Å²) in [5, 5.41) is 10.9. The van der Waals surface area contributed by atoms with Crippen LogP contribution in [0.4, 0.5) is 4.79 Å². The van der Waals surface area contributed by atoms with E-state index in [1.165, 1.54) is 7.11 Å². The van der Waals surface area contributed by atoms with Crippen LogP contribution >= 0.6 is 0 Å². The van der Waals surface area contributed by atoms with Gasteiger partial charge in [-0.15, -0.1) is 0 Å². The number of ether oxygens (including phenoxy) is 2. The van der Waals surface area contributed by atoms with Crippen LogP contribution in [0.25, 0.3) is 0 Å². The van der Waals surface area contributed by atoms with Gasteiger partial charge in [0.05, 0.1) is 12.7 Å². The topological polar surface area (TPSA) is 84.9 Å². The average molecular weight is 205 g/mol. The summed E-state index contributed by atoms with van der Waals surface area (Å²) in [4.78, 5) is 21.6. The van der Waals surface area contributed by atoms with Gasteiger partial charge in [0.25, 0.3) is 0 Å². The van der Waals surface area contributed by atoms with Crippen molar-refractivity contribution in [3.63, 3.8) is 0 Å². The summed E-state index contributed by atoms with van der Waals surface area (Å²) in [6.07, 6.45) is -1.37. The molecule has 2 atom stereocenters. The largest absolute Gasteiger partial charge is 0.480 e. The lowest BCUT2D eigenvalue weighted by Crippen LogP contribution is -2.48. The molecular formula is C8H15NO5. The smallest absolute Gasteiger partial charge is 0.407 e. The molecule has 82 valence electrons. The Bertz CT molecular complexity index is 206. The summed E-state index contributed by atoms with van der Waals surface area (Å²) >= 11 is 0. The number of carbonyl (C=O) groups is 2. The fourth-order valence-electron chi connectivity index (χ4n) is 0.816. The van der Waals surface area contributed by atoms with Crippen LogP contribution in [0.15, 0.2) is 0 Å². The molecule has 14 heavy (non-hydrogen) atoms. The molecule has 0 radical (unpaired) electrons. The first-order chi connectivity index (χ1) is 6.52. The van der Waals surface area contributed by atoms with E-state index in [0.717, 1.165) is 0 Å². The van der Waals surface area contributed by atoms with Crippen molar-refractivity contribution in [3.8, 4) is 0 Å². The predicted molar refractivity (Wildman–Crippen MR) is 48.1 cm³/mol. The molecular weight excluding hydrogens is 190 g/mol. The zero-order valence-corrected chi connectivity index (χ0v) is 8.44. The standard InChI is InChI=1S/C8H15NO5/c1-4-14-8(12)9-6(7(10)11)5(2)13-3/h5-6H,4H2,1-3H3,(H,9,12)(H,10,11)/t5?,6-/m0/s1. The molecule has 0 aliphatic carbocycles. The van der Waals surface area contributed by atoms with E-state index in [4.69, 9.17) is 9.84 Å². The minimum absolute atomic E-state index is 0.194. The number of hydrogen-bond acceptors (Lipinski definition) is 4. The van der Waals surface area contributed by atoms with Crippen molar-refractivity contribution >= 4 is 12.1 Å². The Morgan fingerprint density at radius 1 is 1.50 bits per heavy atom. The van der Waals surface area contributed by atoms with Crippen molar-refractivity contribution < 1.29 is 24.2 Å². The van der Waals surface area contributed by atoms with E-state index in [1.807, 2.05) is 0 Å². The third-order valence-electron chi connectivity index (χ3n) is 1.66. The molecule has 0 fully saturated rings. The predicted octanol–water partition coefficient (Wildman–Crippen LogP) is 0.221. The van der Waals surface area contributed by atoms with Crippen molar-refractivity contribution in [1.29, 1.82) is 0 Å². The first-order valence-corrected chi connectivity index (χ1v) is 4.21. The van der Waals surface area contributed by atoms with E-state index in [-0.39, 0.29) is 6.61 Å². The maximum atomic E-state index is 10.9. The lowest BCUT2D eigenvalue weighted by atomic mass is 10.2. The van der Waals surface area contributed by atoms with E-state index in [2.05, 4.69) is 10.1 Å². The second-order valence-corrected chi connectivity index (χ2v) is 2.62. The average Bonchev–Trinajstić information content (AvgIpc) is 2.13. The van der Waals surface area contributed by atoms with E-state index >= 15 is 0 Å². The minimum atomic E-state index is -1.16. The lowest BCUT2D eigenvalue weighted by molar-refractivity contribution is -0.142. The zero-order chi connectivity index (χ0) is 11.1. The van der Waals surface area contributed by atoms with Crippen LogP contribution in [0.5, 0.6) is 0 Å². The number of carbonyl (C=O) groups excluding carboxylic acids is 1. The molecule has 0 saturated heterocycles. The Kier molecular flexibility index (Phi) is 5.62. The summed E-state index contributed by atoms with van der Waals surface area (Å²) in [5.41, 5.74) is 0. The van der Waals surface area contributed by atoms with Crippen LogP contribution in [0.1, 0.15) is 13.8 Å². The minimum Gasteiger partial charge on any atom is -0.480 e. The van der Waals surface area contributed by atoms with Crippen LogP contribution in [0, 0.1) is 0 Å². The molecule has 0 rings (SSSR count). The molecule has 6 nitrogen and oxygen atoms in total. The second kappa shape index (κ2) is 6.20. The van der Waals surface area contributed by atoms with E-state index in [1.54, 1.807) is 13.8 Å². The molecule has 0 heterocycles. The van der Waals surface area contributed by atoms with Crippen LogP contribution in [-0.4, -0.2) is 43.0 Å². The van der Waals surface area contributed by atoms with E-state index < -0.39 is 24.2 Å². The third kappa shape index (κ3) is 4.08. The normalized spacial score (nSPS) is 14.2. The highest BCUT2D eigenvalue weighted by Crippen LogP contribution is 1.98. The lowest BCUT2D eigenvalue weighted by Gasteiger charge is -2.19. The fraction of sp³-hybridized carbons (Fsp3) is 0.750. The number of methoxy groups -OCH3 is 1. The Balaban J connectivity index is 4.23. The van der Waals surface area contributed by atoms with Gasteiger partial charge in [0.2, 0.25) is 0 Å². The number of carboxylic acid groups (broad SMARTS) is 1. The van der Waals surface area contributed by atoms with Gasteiger partial charge in [-0.2, -0.15) is 0 Å². The van der Waals surface area contributed by atoms with Gasteiger partial charge >= 0.3 is 12.1 Å². The van der Waals surface area contributed by atoms with Gasteiger partial charge < -0.3 is 19.9 Å². The molecule has 6 heteroatoms. The summed E-state index contributed by atoms with van der Waals surface area (Å²) in [5.74, 6) is -1.16. The highest BCUT2D eigenvalue weighted by molar-refractivity contribution is 5.80. The molecule has 1 unspecified atom stereocenters. The maximum Gasteiger partial charge on any atom is 0.407 e. The van der Waals surface area contributed by atoms with Gasteiger partial charge in [-0.1, -0.05) is 0 Å². The van der Waals surface area contributed by atoms with Crippen LogP contribution in [-0.2, 0) is 14.3 Å². The first-order valence-electron chi connectivity index (χ1n) is 4.21. The summed E-state index contributed by atoms with van der Waals surface area (Å²) in [7, 11) is 1.37. The third-order valence-corrected chi connectivity index (χ3v) is 1.66. The van der Waals surface area contributed by atoms with Crippen LogP contribution in [0.3, 0.4) is 0 Å². The molecule has 0 aromatic heterocycles. The number of carboxylic acids is 1. The molecule has 0 aliphatic heterocycles. The quantitative estimate of drug-likeness (QED) is 0.670. The van der Waals surface area contributed by atoms with Crippen molar-refractivity contribution in [2.45, 2.75) is 26.0 Å². The number of nitrogens with one attached hydrogen (secondary N) is 1. The number of alkyl carbamates (subject to hydrolysis) is 1. The SMILES string of the molecule is CCOC(=O)N[C@H](C(=O)O)C(C)OC. The molecule has 0 aromatic rings. The number of hydrogen-bond donors (Lipinski definition) is 2. The molecule has 0 aliphatic rings. The molecule has 0 spiro atoms. The van der Waals surface area contributed by atoms with Gasteiger partial charge in [-0.05, 0) is 13.8 Å². The Labute approximate surface area is 82.2 Å². The fourth-order valence-corrected chi connectivity index (χ4v) is 0.816. The summed E-state index contributed by atoms with van der Waals surface area (Å²) in [6.45, 7) is 3.37. The second-order valence-electron chi connectivity index (χ2n) is 2.62. The summed E-state index contributed by atoms with van der Waals surface area (Å²) < 4.78 is 9.35. The summed E-state index contributed by atoms with van der Waals surface area (Å²) in [6, 6.07) is -1.10. The maximum absolute atomic E-state index is 10.9. The number of aliphatic carboxylic acids is 1. The molecule has 0 aromatic carbocycles. The van der Waals surface area contributed by atoms with Gasteiger partial charge in [0.15, 0.2) is 6.04 Å². The molecule has 2 N–H and O–H groups in total. The van der Waals surface area contributed by atoms with Crippen LogP contribution in [0.2, 0.25) is 0 Å². The molecule has 0 bridgehead atoms. The van der Waals surface area contributed by atoms with Crippen molar-refractivity contribution in [1.82, 2.24) is 5.32 Å². The Morgan fingerprint density at radius 3 is 2.43 bits per heavy atom. The molecule has 1 amide bonds. The Morgan fingerprint density at radius 2 is 2.07 bits per heavy atom. The number of rotatable bonds is 5. The van der Waals surface area contributed by atoms with E-state index in [9.17, 15) is 9.59 Å².